The Morgan fingerprint density at radius 2 is 1.95 bits per heavy atom. The summed E-state index contributed by atoms with van der Waals surface area (Å²) in [6.07, 6.45) is -3.66. The van der Waals surface area contributed by atoms with Crippen molar-refractivity contribution in [1.29, 1.82) is 0 Å². The van der Waals surface area contributed by atoms with Crippen LogP contribution in [0.5, 0.6) is 0 Å². The van der Waals surface area contributed by atoms with Crippen molar-refractivity contribution < 1.29 is 19.7 Å². The zero-order chi connectivity index (χ0) is 15.6. The van der Waals surface area contributed by atoms with E-state index in [2.05, 4.69) is 4.98 Å². The average molecular weight is 299 g/mol. The highest BCUT2D eigenvalue weighted by atomic mass is 16.7. The largest absolute Gasteiger partial charge is 0.387 e. The van der Waals surface area contributed by atoms with Crippen molar-refractivity contribution in [2.75, 3.05) is 0 Å². The Balaban J connectivity index is 1.93. The highest BCUT2D eigenvalue weighted by Crippen LogP contribution is 2.50. The number of ether oxygens (including phenoxy) is 2. The molecule has 2 fully saturated rings. The molecule has 3 heterocycles. The molecular formula is C12H17N3O6. The van der Waals surface area contributed by atoms with Gasteiger partial charge in [-0.1, -0.05) is 0 Å². The Bertz CT molecular complexity index is 682. The molecule has 0 saturated carbocycles. The summed E-state index contributed by atoms with van der Waals surface area (Å²) in [5, 5.41) is 20.2. The number of aliphatic hydroxyl groups excluding tert-OH is 2. The quantitative estimate of drug-likeness (QED) is 0.446. The van der Waals surface area contributed by atoms with E-state index in [1.54, 1.807) is 13.8 Å². The third-order valence-electron chi connectivity index (χ3n) is 4.11. The summed E-state index contributed by atoms with van der Waals surface area (Å²) in [7, 11) is 0. The Morgan fingerprint density at radius 3 is 2.48 bits per heavy atom. The first-order valence-electron chi connectivity index (χ1n) is 6.49. The average Bonchev–Trinajstić information content (AvgIpc) is 2.74. The highest BCUT2D eigenvalue weighted by molar-refractivity contribution is 5.16. The Labute approximate surface area is 118 Å². The minimum atomic E-state index is -1.38. The van der Waals surface area contributed by atoms with Crippen LogP contribution in [0.4, 0.5) is 0 Å². The zero-order valence-electron chi connectivity index (χ0n) is 11.5. The third kappa shape index (κ3) is 1.97. The van der Waals surface area contributed by atoms with Gasteiger partial charge in [-0.2, -0.15) is 0 Å². The van der Waals surface area contributed by atoms with Crippen LogP contribution >= 0.6 is 0 Å². The fraction of sp³-hybridized carbons (Fsp3) is 0.667. The molecule has 0 amide bonds. The number of aliphatic hydroxyl groups is 2. The van der Waals surface area contributed by atoms with Crippen molar-refractivity contribution in [2.24, 2.45) is 5.73 Å². The predicted molar refractivity (Wildman–Crippen MR) is 69.3 cm³/mol. The molecule has 0 aromatic carbocycles. The van der Waals surface area contributed by atoms with Crippen LogP contribution in [0.2, 0.25) is 0 Å². The van der Waals surface area contributed by atoms with Gasteiger partial charge >= 0.3 is 5.69 Å². The van der Waals surface area contributed by atoms with Gasteiger partial charge in [0.25, 0.3) is 5.56 Å². The van der Waals surface area contributed by atoms with Crippen molar-refractivity contribution in [2.45, 2.75) is 49.7 Å². The fourth-order valence-corrected chi connectivity index (χ4v) is 2.67. The van der Waals surface area contributed by atoms with Crippen LogP contribution in [0.3, 0.4) is 0 Å². The molecule has 116 valence electrons. The summed E-state index contributed by atoms with van der Waals surface area (Å²) in [5.41, 5.74) is 2.76. The van der Waals surface area contributed by atoms with E-state index >= 15 is 0 Å². The third-order valence-corrected chi connectivity index (χ3v) is 4.11. The second-order valence-electron chi connectivity index (χ2n) is 5.85. The number of hydrogen-bond acceptors (Lipinski definition) is 7. The summed E-state index contributed by atoms with van der Waals surface area (Å²) in [6.45, 7) is 3.46. The van der Waals surface area contributed by atoms with Crippen LogP contribution in [0.25, 0.3) is 0 Å². The number of epoxide rings is 1. The molecule has 1 aromatic heterocycles. The van der Waals surface area contributed by atoms with Crippen molar-refractivity contribution in [3.05, 3.63) is 33.1 Å². The van der Waals surface area contributed by atoms with Crippen LogP contribution in [-0.2, 0) is 9.47 Å². The normalized spacial score (nSPS) is 41.2. The molecule has 21 heavy (non-hydrogen) atoms. The van der Waals surface area contributed by atoms with Crippen molar-refractivity contribution in [3.8, 4) is 0 Å². The maximum absolute atomic E-state index is 11.8. The number of aromatic amines is 1. The number of H-pyrrole nitrogens is 1. The van der Waals surface area contributed by atoms with Crippen LogP contribution in [0.15, 0.2) is 21.9 Å². The number of nitrogens with zero attached hydrogens (tertiary/aromatic N) is 1. The zero-order valence-corrected chi connectivity index (χ0v) is 11.5. The lowest BCUT2D eigenvalue weighted by Gasteiger charge is -2.20. The summed E-state index contributed by atoms with van der Waals surface area (Å²) in [5.74, 6) is 0. The van der Waals surface area contributed by atoms with Crippen LogP contribution in [-0.4, -0.2) is 49.4 Å². The lowest BCUT2D eigenvalue weighted by atomic mass is 9.95. The fourth-order valence-electron chi connectivity index (χ4n) is 2.67. The molecule has 0 radical (unpaired) electrons. The molecule has 9 nitrogen and oxygen atoms in total. The summed E-state index contributed by atoms with van der Waals surface area (Å²) >= 11 is 0. The first kappa shape index (κ1) is 14.4. The molecule has 5 atom stereocenters. The van der Waals surface area contributed by atoms with Crippen LogP contribution < -0.4 is 17.0 Å². The molecule has 5 N–H and O–H groups in total. The highest BCUT2D eigenvalue weighted by Gasteiger charge is 2.71. The Morgan fingerprint density at radius 1 is 1.33 bits per heavy atom. The van der Waals surface area contributed by atoms with Crippen LogP contribution in [0.1, 0.15) is 20.1 Å². The minimum Gasteiger partial charge on any atom is -0.387 e. The van der Waals surface area contributed by atoms with Gasteiger partial charge in [0.05, 0.1) is 0 Å². The van der Waals surface area contributed by atoms with Crippen molar-refractivity contribution >= 4 is 0 Å². The van der Waals surface area contributed by atoms with Gasteiger partial charge in [0.15, 0.2) is 12.0 Å². The Hall–Kier alpha value is -1.52. The van der Waals surface area contributed by atoms with Gasteiger partial charge < -0.3 is 19.7 Å². The summed E-state index contributed by atoms with van der Waals surface area (Å²) in [6, 6.07) is 1.12. The molecule has 1 aromatic rings. The maximum atomic E-state index is 11.8. The van der Waals surface area contributed by atoms with Gasteiger partial charge in [-0.15, -0.1) is 0 Å². The molecule has 2 aliphatic rings. The van der Waals surface area contributed by atoms with Gasteiger partial charge in [-0.25, -0.2) is 4.79 Å². The predicted octanol–water partition coefficient (Wildman–Crippen LogP) is -2.38. The van der Waals surface area contributed by atoms with Gasteiger partial charge in [0.2, 0.25) is 0 Å². The van der Waals surface area contributed by atoms with E-state index in [9.17, 15) is 19.8 Å². The van der Waals surface area contributed by atoms with E-state index in [0.717, 1.165) is 10.6 Å². The molecule has 2 aliphatic heterocycles. The van der Waals surface area contributed by atoms with E-state index in [1.165, 1.54) is 6.20 Å². The Kier molecular flexibility index (Phi) is 2.91. The monoisotopic (exact) mass is 299 g/mol. The van der Waals surface area contributed by atoms with Crippen molar-refractivity contribution in [1.82, 2.24) is 9.55 Å². The number of nitrogens with two attached hydrogens (primary N) is 1. The van der Waals surface area contributed by atoms with Gasteiger partial charge in [0, 0.05) is 12.3 Å². The topological polar surface area (TPSA) is 143 Å². The molecule has 2 saturated heterocycles. The molecule has 0 bridgehead atoms. The second-order valence-corrected chi connectivity index (χ2v) is 5.85. The number of aromatic nitrogens is 2. The molecule has 1 unspecified atom stereocenters. The smallest absolute Gasteiger partial charge is 0.330 e. The van der Waals surface area contributed by atoms with Gasteiger partial charge in [-0.3, -0.25) is 20.1 Å². The lowest BCUT2D eigenvalue weighted by molar-refractivity contribution is -0.0659. The number of nitrogens with one attached hydrogen (secondary N) is 1. The molecule has 0 aliphatic carbocycles. The van der Waals surface area contributed by atoms with Crippen molar-refractivity contribution in [3.63, 3.8) is 0 Å². The first-order valence-corrected chi connectivity index (χ1v) is 6.49. The van der Waals surface area contributed by atoms with E-state index in [-0.39, 0.29) is 0 Å². The molecular weight excluding hydrogens is 282 g/mol. The van der Waals surface area contributed by atoms with E-state index in [0.29, 0.717) is 0 Å². The first-order chi connectivity index (χ1) is 9.67. The van der Waals surface area contributed by atoms with Crippen LogP contribution in [0, 0.1) is 0 Å². The summed E-state index contributed by atoms with van der Waals surface area (Å²) in [4.78, 5) is 24.9. The van der Waals surface area contributed by atoms with Gasteiger partial charge in [-0.05, 0) is 13.8 Å². The van der Waals surface area contributed by atoms with E-state index < -0.39 is 47.1 Å². The minimum absolute atomic E-state index is 0.567. The standard InChI is InChI=1S/C12H17N3O6/c1-11(2)12(13,21-11)8-6(17)7(18)9(20-8)15-4-3-5(16)14-10(15)19/h3-4,6-9,17-18H,13H2,1-2H3,(H,14,16,19)/t6-,7+,8-,9+,12?/m0/s1. The van der Waals surface area contributed by atoms with Gasteiger partial charge in [0.1, 0.15) is 23.9 Å². The van der Waals surface area contributed by atoms with E-state index in [1.807, 2.05) is 0 Å². The second kappa shape index (κ2) is 4.24. The van der Waals surface area contributed by atoms with E-state index in [4.69, 9.17) is 15.2 Å². The lowest BCUT2D eigenvalue weighted by Crippen LogP contribution is -2.50. The number of rotatable bonds is 2. The number of hydrogen-bond donors (Lipinski definition) is 4. The molecule has 3 rings (SSSR count). The summed E-state index contributed by atoms with van der Waals surface area (Å²) < 4.78 is 11.9. The SMILES string of the molecule is CC1(C)OC1(N)[C@H]1O[C@@H](n2ccc(=O)[nH]c2=O)[C@H](O)[C@@H]1O. The molecule has 0 spiro atoms. The molecule has 9 heteroatoms. The maximum Gasteiger partial charge on any atom is 0.330 e.